The molecule has 0 fully saturated rings. The molecule has 0 rings (SSSR count). The van der Waals surface area contributed by atoms with E-state index in [0.29, 0.717) is 0 Å². The third-order valence-corrected chi connectivity index (χ3v) is 0.766. The summed E-state index contributed by atoms with van der Waals surface area (Å²) in [6.07, 6.45) is 0. The zero-order chi connectivity index (χ0) is 7.28. The van der Waals surface area contributed by atoms with Crippen molar-refractivity contribution in [3.8, 4) is 6.07 Å². The highest BCUT2D eigenvalue weighted by Gasteiger charge is 1.98. The van der Waals surface area contributed by atoms with Crippen molar-refractivity contribution in [3.63, 3.8) is 0 Å². The first kappa shape index (κ1) is 7.92. The molecule has 4 nitrogen and oxygen atoms in total. The molecular weight excluding hydrogens is 118 g/mol. The summed E-state index contributed by atoms with van der Waals surface area (Å²) in [5.41, 5.74) is 4.83. The SMILES string of the molecule is CN(CC#N)CC(N)=O. The Labute approximate surface area is 53.9 Å². The standard InChI is InChI=1S/C5H9N3O/c1-8(3-2-6)4-5(7)9/h3-4H2,1H3,(H2,7,9). The van der Waals surface area contributed by atoms with Crippen molar-refractivity contribution in [1.29, 1.82) is 5.26 Å². The summed E-state index contributed by atoms with van der Waals surface area (Å²) in [7, 11) is 1.66. The first-order chi connectivity index (χ1) is 4.16. The van der Waals surface area contributed by atoms with Gasteiger partial charge in [0.1, 0.15) is 0 Å². The van der Waals surface area contributed by atoms with Gasteiger partial charge in [-0.2, -0.15) is 5.26 Å². The molecule has 0 aromatic carbocycles. The molecule has 0 aromatic heterocycles. The van der Waals surface area contributed by atoms with E-state index in [1.54, 1.807) is 11.9 Å². The van der Waals surface area contributed by atoms with Crippen molar-refractivity contribution in [2.24, 2.45) is 5.73 Å². The molecule has 0 heterocycles. The highest BCUT2D eigenvalue weighted by Crippen LogP contribution is 1.76. The van der Waals surface area contributed by atoms with Crippen LogP contribution in [0.5, 0.6) is 0 Å². The van der Waals surface area contributed by atoms with Gasteiger partial charge in [0.15, 0.2) is 0 Å². The van der Waals surface area contributed by atoms with Gasteiger partial charge in [0.2, 0.25) is 5.91 Å². The summed E-state index contributed by atoms with van der Waals surface area (Å²) in [5, 5.41) is 8.11. The van der Waals surface area contributed by atoms with Crippen molar-refractivity contribution in [2.45, 2.75) is 0 Å². The first-order valence-electron chi connectivity index (χ1n) is 2.50. The van der Waals surface area contributed by atoms with E-state index >= 15 is 0 Å². The van der Waals surface area contributed by atoms with Gasteiger partial charge in [0, 0.05) is 0 Å². The Morgan fingerprint density at radius 3 is 2.78 bits per heavy atom. The Hall–Kier alpha value is -1.08. The number of carbonyl (C=O) groups is 1. The van der Waals surface area contributed by atoms with Crippen LogP contribution in [0, 0.1) is 11.3 Å². The quantitative estimate of drug-likeness (QED) is 0.490. The lowest BCUT2D eigenvalue weighted by atomic mass is 10.5. The minimum absolute atomic E-state index is 0.146. The summed E-state index contributed by atoms with van der Waals surface area (Å²) in [6.45, 7) is 0.385. The van der Waals surface area contributed by atoms with Crippen LogP contribution in [0.25, 0.3) is 0 Å². The summed E-state index contributed by atoms with van der Waals surface area (Å²) in [4.78, 5) is 11.7. The zero-order valence-electron chi connectivity index (χ0n) is 5.29. The lowest BCUT2D eigenvalue weighted by Gasteiger charge is -2.07. The van der Waals surface area contributed by atoms with Gasteiger partial charge in [-0.25, -0.2) is 0 Å². The highest BCUT2D eigenvalue weighted by molar-refractivity contribution is 5.75. The lowest BCUT2D eigenvalue weighted by Crippen LogP contribution is -2.30. The highest BCUT2D eigenvalue weighted by atomic mass is 16.1. The predicted molar refractivity (Wildman–Crippen MR) is 32.3 cm³/mol. The fraction of sp³-hybridized carbons (Fsp3) is 0.600. The second-order valence-electron chi connectivity index (χ2n) is 1.80. The Balaban J connectivity index is 3.40. The smallest absolute Gasteiger partial charge is 0.231 e. The molecule has 0 aliphatic heterocycles. The number of primary amides is 1. The van der Waals surface area contributed by atoms with Crippen LogP contribution in [0.3, 0.4) is 0 Å². The third kappa shape index (κ3) is 4.78. The Morgan fingerprint density at radius 1 is 1.89 bits per heavy atom. The fourth-order valence-corrected chi connectivity index (χ4v) is 0.443. The summed E-state index contributed by atoms with van der Waals surface area (Å²) < 4.78 is 0. The van der Waals surface area contributed by atoms with E-state index in [0.717, 1.165) is 0 Å². The number of hydrogen-bond donors (Lipinski definition) is 1. The number of nitriles is 1. The van der Waals surface area contributed by atoms with Gasteiger partial charge >= 0.3 is 0 Å². The Morgan fingerprint density at radius 2 is 2.44 bits per heavy atom. The molecule has 0 saturated carbocycles. The lowest BCUT2D eigenvalue weighted by molar-refractivity contribution is -0.118. The van der Waals surface area contributed by atoms with Gasteiger partial charge < -0.3 is 5.73 Å². The van der Waals surface area contributed by atoms with Crippen molar-refractivity contribution >= 4 is 5.91 Å². The molecule has 0 aliphatic carbocycles. The molecule has 0 saturated heterocycles. The largest absolute Gasteiger partial charge is 0.369 e. The second kappa shape index (κ2) is 3.87. The van der Waals surface area contributed by atoms with Crippen LogP contribution in [0.2, 0.25) is 0 Å². The van der Waals surface area contributed by atoms with Crippen LogP contribution in [-0.4, -0.2) is 30.9 Å². The molecule has 2 N–H and O–H groups in total. The first-order valence-corrected chi connectivity index (χ1v) is 2.50. The normalized spacial score (nSPS) is 9.00. The number of hydrogen-bond acceptors (Lipinski definition) is 3. The number of nitrogens with zero attached hydrogens (tertiary/aromatic N) is 2. The summed E-state index contributed by atoms with van der Waals surface area (Å²) >= 11 is 0. The molecule has 0 unspecified atom stereocenters. The maximum absolute atomic E-state index is 10.2. The van der Waals surface area contributed by atoms with Crippen molar-refractivity contribution in [2.75, 3.05) is 20.1 Å². The summed E-state index contributed by atoms with van der Waals surface area (Å²) in [5.74, 6) is -0.409. The number of nitrogens with two attached hydrogens (primary N) is 1. The molecule has 1 amide bonds. The van der Waals surface area contributed by atoms with Crippen LogP contribution in [-0.2, 0) is 4.79 Å². The average Bonchev–Trinajstić information content (AvgIpc) is 1.63. The molecule has 0 atom stereocenters. The van der Waals surface area contributed by atoms with Crippen LogP contribution in [0.15, 0.2) is 0 Å². The molecule has 50 valence electrons. The number of rotatable bonds is 3. The molecular formula is C5H9N3O. The average molecular weight is 127 g/mol. The van der Waals surface area contributed by atoms with Crippen molar-refractivity contribution in [3.05, 3.63) is 0 Å². The maximum Gasteiger partial charge on any atom is 0.231 e. The molecule has 9 heavy (non-hydrogen) atoms. The van der Waals surface area contributed by atoms with E-state index in [1.165, 1.54) is 0 Å². The second-order valence-corrected chi connectivity index (χ2v) is 1.80. The van der Waals surface area contributed by atoms with Gasteiger partial charge in [-0.15, -0.1) is 0 Å². The Bertz CT molecular complexity index is 138. The van der Waals surface area contributed by atoms with E-state index in [2.05, 4.69) is 0 Å². The van der Waals surface area contributed by atoms with E-state index in [-0.39, 0.29) is 13.1 Å². The van der Waals surface area contributed by atoms with Crippen LogP contribution < -0.4 is 5.73 Å². The molecule has 0 radical (unpaired) electrons. The number of amides is 1. The van der Waals surface area contributed by atoms with Crippen molar-refractivity contribution in [1.82, 2.24) is 4.90 Å². The fourth-order valence-electron chi connectivity index (χ4n) is 0.443. The summed E-state index contributed by atoms with van der Waals surface area (Å²) in [6, 6.07) is 1.89. The molecule has 0 aromatic rings. The molecule has 0 bridgehead atoms. The van der Waals surface area contributed by atoms with Gasteiger partial charge in [0.05, 0.1) is 19.2 Å². The van der Waals surface area contributed by atoms with E-state index in [1.807, 2.05) is 6.07 Å². The van der Waals surface area contributed by atoms with Crippen LogP contribution >= 0.6 is 0 Å². The van der Waals surface area contributed by atoms with Gasteiger partial charge in [-0.05, 0) is 7.05 Å². The van der Waals surface area contributed by atoms with E-state index in [4.69, 9.17) is 11.0 Å². The molecule has 0 aliphatic rings. The monoisotopic (exact) mass is 127 g/mol. The number of likely N-dealkylation sites (N-methyl/N-ethyl adjacent to an activating group) is 1. The molecule has 4 heteroatoms. The number of carbonyl (C=O) groups excluding carboxylic acids is 1. The maximum atomic E-state index is 10.2. The van der Waals surface area contributed by atoms with Crippen LogP contribution in [0.1, 0.15) is 0 Å². The predicted octanol–water partition coefficient (Wildman–Crippen LogP) is -1.07. The minimum Gasteiger partial charge on any atom is -0.369 e. The van der Waals surface area contributed by atoms with E-state index < -0.39 is 5.91 Å². The Kier molecular flexibility index (Phi) is 3.40. The minimum atomic E-state index is -0.409. The van der Waals surface area contributed by atoms with E-state index in [9.17, 15) is 4.79 Å². The van der Waals surface area contributed by atoms with Gasteiger partial charge in [0.25, 0.3) is 0 Å². The third-order valence-electron chi connectivity index (χ3n) is 0.766. The van der Waals surface area contributed by atoms with Gasteiger partial charge in [-0.1, -0.05) is 0 Å². The van der Waals surface area contributed by atoms with Crippen molar-refractivity contribution < 1.29 is 4.79 Å². The zero-order valence-corrected chi connectivity index (χ0v) is 5.29. The topological polar surface area (TPSA) is 70.1 Å². The van der Waals surface area contributed by atoms with Crippen LogP contribution in [0.4, 0.5) is 0 Å². The van der Waals surface area contributed by atoms with Gasteiger partial charge in [-0.3, -0.25) is 9.69 Å². The molecule has 0 spiro atoms.